The highest BCUT2D eigenvalue weighted by Crippen LogP contribution is 2.35. The molecule has 1 aliphatic carbocycles. The minimum atomic E-state index is 0.359. The first-order chi connectivity index (χ1) is 11.3. The lowest BCUT2D eigenvalue weighted by molar-refractivity contribution is 0.131. The van der Waals surface area contributed by atoms with Crippen LogP contribution in [0, 0.1) is 0 Å². The van der Waals surface area contributed by atoms with Gasteiger partial charge in [0, 0.05) is 25.0 Å². The van der Waals surface area contributed by atoms with Gasteiger partial charge < -0.3 is 9.72 Å². The summed E-state index contributed by atoms with van der Waals surface area (Å²) in [5.41, 5.74) is 3.85. The number of H-pyrrole nitrogens is 1. The van der Waals surface area contributed by atoms with Crippen molar-refractivity contribution in [2.75, 3.05) is 13.7 Å². The molecule has 1 N–H and O–H groups in total. The number of benzene rings is 1. The molecule has 1 saturated carbocycles. The molecule has 2 aromatic rings. The molecule has 0 bridgehead atoms. The standard InChI is InChI=1S/C19H25N3O/c1-23-16-9-7-14(8-10-16)17-11-22(15-5-3-2-4-6-15)12-18-19(17)21-13-20-18/h7-10,13,15,17H,2-6,11-12H2,1H3,(H,20,21). The molecular weight excluding hydrogens is 286 g/mol. The first kappa shape index (κ1) is 14.8. The van der Waals surface area contributed by atoms with Crippen molar-refractivity contribution in [3.8, 4) is 5.75 Å². The van der Waals surface area contributed by atoms with Crippen LogP contribution in [0.3, 0.4) is 0 Å². The van der Waals surface area contributed by atoms with Gasteiger partial charge in [-0.25, -0.2) is 4.98 Å². The van der Waals surface area contributed by atoms with E-state index in [1.807, 2.05) is 6.33 Å². The molecule has 23 heavy (non-hydrogen) atoms. The number of aromatic amines is 1. The van der Waals surface area contributed by atoms with Crippen molar-refractivity contribution in [1.82, 2.24) is 14.9 Å². The number of aromatic nitrogens is 2. The number of nitrogens with zero attached hydrogens (tertiary/aromatic N) is 2. The Balaban J connectivity index is 1.62. The minimum Gasteiger partial charge on any atom is -0.497 e. The van der Waals surface area contributed by atoms with Crippen molar-refractivity contribution in [2.24, 2.45) is 0 Å². The van der Waals surface area contributed by atoms with Crippen LogP contribution >= 0.6 is 0 Å². The Hall–Kier alpha value is -1.81. The number of ether oxygens (including phenoxy) is 1. The third kappa shape index (κ3) is 2.88. The molecule has 1 aliphatic heterocycles. The Morgan fingerprint density at radius 3 is 2.65 bits per heavy atom. The number of nitrogens with one attached hydrogen (secondary N) is 1. The Labute approximate surface area is 137 Å². The molecule has 0 saturated heterocycles. The number of fused-ring (bicyclic) bond motifs is 1. The molecule has 1 atom stereocenters. The topological polar surface area (TPSA) is 41.1 Å². The first-order valence-corrected chi connectivity index (χ1v) is 8.75. The van der Waals surface area contributed by atoms with E-state index in [4.69, 9.17) is 4.74 Å². The summed E-state index contributed by atoms with van der Waals surface area (Å²) < 4.78 is 5.30. The Morgan fingerprint density at radius 2 is 1.91 bits per heavy atom. The van der Waals surface area contributed by atoms with E-state index in [0.717, 1.165) is 24.9 Å². The summed E-state index contributed by atoms with van der Waals surface area (Å²) in [7, 11) is 1.71. The maximum Gasteiger partial charge on any atom is 0.118 e. The van der Waals surface area contributed by atoms with Crippen LogP contribution in [0.2, 0.25) is 0 Å². The second-order valence-electron chi connectivity index (χ2n) is 6.81. The normalized spacial score (nSPS) is 22.7. The number of methoxy groups -OCH3 is 1. The number of imidazole rings is 1. The maximum absolute atomic E-state index is 5.30. The average molecular weight is 311 g/mol. The van der Waals surface area contributed by atoms with Gasteiger partial charge in [-0.2, -0.15) is 0 Å². The molecule has 4 nitrogen and oxygen atoms in total. The van der Waals surface area contributed by atoms with Gasteiger partial charge in [0.15, 0.2) is 0 Å². The van der Waals surface area contributed by atoms with E-state index >= 15 is 0 Å². The van der Waals surface area contributed by atoms with E-state index < -0.39 is 0 Å². The molecule has 1 aromatic carbocycles. The lowest BCUT2D eigenvalue weighted by Crippen LogP contribution is -2.42. The third-order valence-electron chi connectivity index (χ3n) is 5.47. The summed E-state index contributed by atoms with van der Waals surface area (Å²) >= 11 is 0. The molecule has 2 heterocycles. The fraction of sp³-hybridized carbons (Fsp3) is 0.526. The second-order valence-corrected chi connectivity index (χ2v) is 6.81. The first-order valence-electron chi connectivity index (χ1n) is 8.75. The third-order valence-corrected chi connectivity index (χ3v) is 5.47. The minimum absolute atomic E-state index is 0.359. The van der Waals surface area contributed by atoms with Crippen LogP contribution in [-0.4, -0.2) is 34.6 Å². The van der Waals surface area contributed by atoms with Crippen LogP contribution in [0.25, 0.3) is 0 Å². The van der Waals surface area contributed by atoms with Crippen molar-refractivity contribution >= 4 is 0 Å². The highest BCUT2D eigenvalue weighted by molar-refractivity contribution is 5.36. The Morgan fingerprint density at radius 1 is 1.13 bits per heavy atom. The number of hydrogen-bond donors (Lipinski definition) is 1. The van der Waals surface area contributed by atoms with Crippen molar-refractivity contribution in [1.29, 1.82) is 0 Å². The lowest BCUT2D eigenvalue weighted by Gasteiger charge is -2.39. The summed E-state index contributed by atoms with van der Waals surface area (Å²) in [6, 6.07) is 9.22. The van der Waals surface area contributed by atoms with Crippen LogP contribution in [0.1, 0.15) is 55.0 Å². The van der Waals surface area contributed by atoms with Crippen LogP contribution in [0.5, 0.6) is 5.75 Å². The summed E-state index contributed by atoms with van der Waals surface area (Å²) in [6.45, 7) is 2.10. The molecular formula is C19H25N3O. The predicted molar refractivity (Wildman–Crippen MR) is 90.7 cm³/mol. The highest BCUT2D eigenvalue weighted by atomic mass is 16.5. The van der Waals surface area contributed by atoms with Crippen LogP contribution in [-0.2, 0) is 6.54 Å². The monoisotopic (exact) mass is 311 g/mol. The van der Waals surface area contributed by atoms with Gasteiger partial charge in [-0.05, 0) is 30.5 Å². The van der Waals surface area contributed by atoms with Gasteiger partial charge in [0.05, 0.1) is 24.8 Å². The molecule has 0 spiro atoms. The number of rotatable bonds is 3. The molecule has 1 aromatic heterocycles. The van der Waals surface area contributed by atoms with Gasteiger partial charge in [-0.1, -0.05) is 31.4 Å². The summed E-state index contributed by atoms with van der Waals surface area (Å²) in [4.78, 5) is 10.7. The second kappa shape index (κ2) is 6.36. The zero-order valence-electron chi connectivity index (χ0n) is 13.8. The maximum atomic E-state index is 5.30. The molecule has 122 valence electrons. The Bertz CT molecular complexity index is 643. The van der Waals surface area contributed by atoms with E-state index in [1.165, 1.54) is 49.1 Å². The lowest BCUT2D eigenvalue weighted by atomic mass is 9.87. The van der Waals surface area contributed by atoms with Gasteiger partial charge in [-0.3, -0.25) is 4.90 Å². The largest absolute Gasteiger partial charge is 0.497 e. The van der Waals surface area contributed by atoms with Crippen LogP contribution in [0.4, 0.5) is 0 Å². The predicted octanol–water partition coefficient (Wildman–Crippen LogP) is 3.70. The van der Waals surface area contributed by atoms with Gasteiger partial charge in [0.2, 0.25) is 0 Å². The van der Waals surface area contributed by atoms with Crippen LogP contribution in [0.15, 0.2) is 30.6 Å². The average Bonchev–Trinajstić information content (AvgIpc) is 3.10. The molecule has 0 radical (unpaired) electrons. The molecule has 4 rings (SSSR count). The zero-order chi connectivity index (χ0) is 15.6. The fourth-order valence-corrected chi connectivity index (χ4v) is 4.17. The highest BCUT2D eigenvalue weighted by Gasteiger charge is 2.32. The van der Waals surface area contributed by atoms with Crippen molar-refractivity contribution in [2.45, 2.75) is 50.6 Å². The fourth-order valence-electron chi connectivity index (χ4n) is 4.17. The SMILES string of the molecule is COc1ccc(C2CN(C3CCCCC3)Cc3[nH]cnc32)cc1. The molecule has 1 fully saturated rings. The van der Waals surface area contributed by atoms with Crippen molar-refractivity contribution in [3.05, 3.63) is 47.5 Å². The van der Waals surface area contributed by atoms with Crippen LogP contribution < -0.4 is 4.74 Å². The van der Waals surface area contributed by atoms with Gasteiger partial charge in [0.25, 0.3) is 0 Å². The van der Waals surface area contributed by atoms with E-state index in [9.17, 15) is 0 Å². The summed E-state index contributed by atoms with van der Waals surface area (Å²) in [5, 5.41) is 0. The van der Waals surface area contributed by atoms with E-state index in [0.29, 0.717) is 5.92 Å². The van der Waals surface area contributed by atoms with E-state index in [-0.39, 0.29) is 0 Å². The molecule has 2 aliphatic rings. The molecule has 4 heteroatoms. The number of hydrogen-bond acceptors (Lipinski definition) is 3. The van der Waals surface area contributed by atoms with Crippen molar-refractivity contribution in [3.63, 3.8) is 0 Å². The molecule has 0 amide bonds. The zero-order valence-corrected chi connectivity index (χ0v) is 13.8. The quantitative estimate of drug-likeness (QED) is 0.939. The van der Waals surface area contributed by atoms with Gasteiger partial charge in [0.1, 0.15) is 5.75 Å². The summed E-state index contributed by atoms with van der Waals surface area (Å²) in [6.07, 6.45) is 8.71. The molecule has 1 unspecified atom stereocenters. The van der Waals surface area contributed by atoms with Gasteiger partial charge >= 0.3 is 0 Å². The smallest absolute Gasteiger partial charge is 0.118 e. The Kier molecular flexibility index (Phi) is 4.08. The van der Waals surface area contributed by atoms with E-state index in [2.05, 4.69) is 39.1 Å². The van der Waals surface area contributed by atoms with E-state index in [1.54, 1.807) is 7.11 Å². The summed E-state index contributed by atoms with van der Waals surface area (Å²) in [5.74, 6) is 1.27. The van der Waals surface area contributed by atoms with Crippen molar-refractivity contribution < 1.29 is 4.74 Å². The van der Waals surface area contributed by atoms with Gasteiger partial charge in [-0.15, -0.1) is 0 Å².